The maximum absolute atomic E-state index is 12.7. The molecule has 3 rings (SSSR count). The first kappa shape index (κ1) is 19.0. The Balaban J connectivity index is 1.55. The summed E-state index contributed by atoms with van der Waals surface area (Å²) in [6.07, 6.45) is 3.20. The van der Waals surface area contributed by atoms with Crippen LogP contribution in [0.1, 0.15) is 25.7 Å². The maximum atomic E-state index is 12.7. The van der Waals surface area contributed by atoms with Crippen LogP contribution < -0.4 is 5.32 Å². The van der Waals surface area contributed by atoms with E-state index >= 15 is 0 Å². The van der Waals surface area contributed by atoms with Crippen LogP contribution in [0, 0.1) is 5.92 Å². The second-order valence-corrected chi connectivity index (χ2v) is 10.1. The number of hydrogen-bond donors (Lipinski definition) is 1. The van der Waals surface area contributed by atoms with Crippen LogP contribution in [0.25, 0.3) is 0 Å². The predicted octanol–water partition coefficient (Wildman–Crippen LogP) is 2.75. The Morgan fingerprint density at radius 2 is 1.68 bits per heavy atom. The number of amides is 1. The number of benzene rings is 1. The van der Waals surface area contributed by atoms with Gasteiger partial charge >= 0.3 is 0 Å². The van der Waals surface area contributed by atoms with Crippen molar-refractivity contribution in [1.82, 2.24) is 9.62 Å². The molecule has 1 aromatic carbocycles. The highest BCUT2D eigenvalue weighted by molar-refractivity contribution is 7.99. The van der Waals surface area contributed by atoms with Crippen molar-refractivity contribution in [2.45, 2.75) is 36.6 Å². The molecule has 1 aromatic rings. The van der Waals surface area contributed by atoms with Gasteiger partial charge in [-0.2, -0.15) is 16.1 Å². The lowest BCUT2D eigenvalue weighted by atomic mass is 9.96. The standard InChI is InChI=1S/C17H23ClN2O3S2/c18-14-1-3-16(4-2-14)25(22,23)20-9-5-13(6-10-20)17(21)19-15-7-11-24-12-8-15/h1-4,13,15H,5-12H2,(H,19,21). The van der Waals surface area contributed by atoms with Crippen LogP contribution in [0.2, 0.25) is 5.02 Å². The minimum Gasteiger partial charge on any atom is -0.353 e. The van der Waals surface area contributed by atoms with Gasteiger partial charge in [0.2, 0.25) is 15.9 Å². The van der Waals surface area contributed by atoms with Crippen molar-refractivity contribution in [2.24, 2.45) is 5.92 Å². The van der Waals surface area contributed by atoms with E-state index in [2.05, 4.69) is 5.32 Å². The molecule has 2 heterocycles. The molecular weight excluding hydrogens is 380 g/mol. The molecule has 2 aliphatic heterocycles. The molecular formula is C17H23ClN2O3S2. The normalized spacial score (nSPS) is 21.2. The smallest absolute Gasteiger partial charge is 0.243 e. The number of nitrogens with one attached hydrogen (secondary N) is 1. The van der Waals surface area contributed by atoms with E-state index in [4.69, 9.17) is 11.6 Å². The molecule has 5 nitrogen and oxygen atoms in total. The van der Waals surface area contributed by atoms with Gasteiger partial charge in [0.15, 0.2) is 0 Å². The lowest BCUT2D eigenvalue weighted by Crippen LogP contribution is -2.46. The van der Waals surface area contributed by atoms with Crippen LogP contribution in [0.5, 0.6) is 0 Å². The highest BCUT2D eigenvalue weighted by Crippen LogP contribution is 2.25. The number of halogens is 1. The van der Waals surface area contributed by atoms with Gasteiger partial charge in [0.25, 0.3) is 0 Å². The van der Waals surface area contributed by atoms with E-state index in [-0.39, 0.29) is 22.8 Å². The third-order valence-electron chi connectivity index (χ3n) is 4.84. The Labute approximate surface area is 158 Å². The molecule has 2 saturated heterocycles. The molecule has 2 fully saturated rings. The molecule has 0 radical (unpaired) electrons. The quantitative estimate of drug-likeness (QED) is 0.840. The first-order valence-electron chi connectivity index (χ1n) is 8.60. The van der Waals surface area contributed by atoms with Crippen LogP contribution in [0.15, 0.2) is 29.2 Å². The molecule has 0 aliphatic carbocycles. The lowest BCUT2D eigenvalue weighted by Gasteiger charge is -2.32. The number of carbonyl (C=O) groups excluding carboxylic acids is 1. The first-order chi connectivity index (χ1) is 12.0. The Hall–Kier alpha value is -0.760. The second kappa shape index (κ2) is 8.29. The molecule has 8 heteroatoms. The number of piperidine rings is 1. The number of hydrogen-bond acceptors (Lipinski definition) is 4. The molecule has 138 valence electrons. The molecule has 0 aromatic heterocycles. The summed E-state index contributed by atoms with van der Waals surface area (Å²) in [5, 5.41) is 3.65. The van der Waals surface area contributed by atoms with Crippen molar-refractivity contribution in [3.05, 3.63) is 29.3 Å². The Morgan fingerprint density at radius 3 is 2.28 bits per heavy atom. The predicted molar refractivity (Wildman–Crippen MR) is 101 cm³/mol. The average molecular weight is 403 g/mol. The van der Waals surface area contributed by atoms with Gasteiger partial charge in [0.1, 0.15) is 0 Å². The number of thioether (sulfide) groups is 1. The maximum Gasteiger partial charge on any atom is 0.243 e. The van der Waals surface area contributed by atoms with Crippen LogP contribution >= 0.6 is 23.4 Å². The summed E-state index contributed by atoms with van der Waals surface area (Å²) in [4.78, 5) is 12.7. The summed E-state index contributed by atoms with van der Waals surface area (Å²) in [5.74, 6) is 2.19. The van der Waals surface area contributed by atoms with Crippen molar-refractivity contribution >= 4 is 39.3 Å². The van der Waals surface area contributed by atoms with E-state index in [1.807, 2.05) is 11.8 Å². The van der Waals surface area contributed by atoms with Gasteiger partial charge < -0.3 is 5.32 Å². The van der Waals surface area contributed by atoms with E-state index in [1.165, 1.54) is 16.4 Å². The molecule has 0 spiro atoms. The molecule has 0 saturated carbocycles. The fourth-order valence-corrected chi connectivity index (χ4v) is 5.98. The van der Waals surface area contributed by atoms with Gasteiger partial charge in [-0.15, -0.1) is 0 Å². The highest BCUT2D eigenvalue weighted by atomic mass is 35.5. The van der Waals surface area contributed by atoms with Crippen LogP contribution in [0.3, 0.4) is 0 Å². The fraction of sp³-hybridized carbons (Fsp3) is 0.588. The topological polar surface area (TPSA) is 66.5 Å². The zero-order valence-electron chi connectivity index (χ0n) is 14.0. The van der Waals surface area contributed by atoms with Crippen molar-refractivity contribution in [1.29, 1.82) is 0 Å². The lowest BCUT2D eigenvalue weighted by molar-refractivity contribution is -0.126. The van der Waals surface area contributed by atoms with E-state index in [9.17, 15) is 13.2 Å². The minimum absolute atomic E-state index is 0.0837. The van der Waals surface area contributed by atoms with Gasteiger partial charge in [-0.1, -0.05) is 11.6 Å². The third kappa shape index (κ3) is 4.70. The largest absolute Gasteiger partial charge is 0.353 e. The fourth-order valence-electron chi connectivity index (χ4n) is 3.27. The Morgan fingerprint density at radius 1 is 1.08 bits per heavy atom. The Kier molecular flexibility index (Phi) is 6.30. The van der Waals surface area contributed by atoms with E-state index in [0.29, 0.717) is 31.0 Å². The summed E-state index contributed by atoms with van der Waals surface area (Å²) in [6, 6.07) is 6.49. The summed E-state index contributed by atoms with van der Waals surface area (Å²) < 4.78 is 26.8. The molecule has 2 aliphatic rings. The van der Waals surface area contributed by atoms with Crippen molar-refractivity contribution in [2.75, 3.05) is 24.6 Å². The summed E-state index contributed by atoms with van der Waals surface area (Å²) in [6.45, 7) is 0.757. The summed E-state index contributed by atoms with van der Waals surface area (Å²) >= 11 is 7.76. The van der Waals surface area contributed by atoms with Gasteiger partial charge in [0.05, 0.1) is 4.90 Å². The molecule has 25 heavy (non-hydrogen) atoms. The van der Waals surface area contributed by atoms with Crippen molar-refractivity contribution in [3.63, 3.8) is 0 Å². The third-order valence-corrected chi connectivity index (χ3v) is 8.06. The number of nitrogens with zero attached hydrogens (tertiary/aromatic N) is 1. The zero-order valence-corrected chi connectivity index (χ0v) is 16.4. The summed E-state index contributed by atoms with van der Waals surface area (Å²) in [7, 11) is -3.51. The van der Waals surface area contributed by atoms with Gasteiger partial charge in [-0.05, 0) is 61.5 Å². The average Bonchev–Trinajstić information content (AvgIpc) is 2.63. The van der Waals surface area contributed by atoms with E-state index < -0.39 is 10.0 Å². The highest BCUT2D eigenvalue weighted by Gasteiger charge is 2.32. The molecule has 0 atom stereocenters. The van der Waals surface area contributed by atoms with Gasteiger partial charge in [-0.3, -0.25) is 4.79 Å². The monoisotopic (exact) mass is 402 g/mol. The van der Waals surface area contributed by atoms with Crippen molar-refractivity contribution in [3.8, 4) is 0 Å². The first-order valence-corrected chi connectivity index (χ1v) is 11.6. The number of sulfonamides is 1. The van der Waals surface area contributed by atoms with E-state index in [1.54, 1.807) is 12.1 Å². The van der Waals surface area contributed by atoms with Gasteiger partial charge in [0, 0.05) is 30.1 Å². The van der Waals surface area contributed by atoms with Crippen molar-refractivity contribution < 1.29 is 13.2 Å². The molecule has 1 N–H and O–H groups in total. The SMILES string of the molecule is O=C(NC1CCSCC1)C1CCN(S(=O)(=O)c2ccc(Cl)cc2)CC1. The van der Waals surface area contributed by atoms with Gasteiger partial charge in [-0.25, -0.2) is 8.42 Å². The minimum atomic E-state index is -3.51. The van der Waals surface area contributed by atoms with E-state index in [0.717, 1.165) is 24.3 Å². The second-order valence-electron chi connectivity index (χ2n) is 6.53. The molecule has 0 unspecified atom stereocenters. The van der Waals surface area contributed by atoms with Crippen LogP contribution in [0.4, 0.5) is 0 Å². The summed E-state index contributed by atoms with van der Waals surface area (Å²) in [5.41, 5.74) is 0. The van der Waals surface area contributed by atoms with Crippen LogP contribution in [-0.2, 0) is 14.8 Å². The Bertz CT molecular complexity index is 695. The zero-order chi connectivity index (χ0) is 17.9. The van der Waals surface area contributed by atoms with Crippen LogP contribution in [-0.4, -0.2) is 49.3 Å². The molecule has 0 bridgehead atoms. The number of carbonyl (C=O) groups is 1. The number of rotatable bonds is 4. The molecule has 1 amide bonds.